The van der Waals surface area contributed by atoms with Gasteiger partial charge in [-0.1, -0.05) is 231 Å². The average molecular weight is 900 g/mol. The van der Waals surface area contributed by atoms with E-state index in [-0.39, 0.29) is 25.8 Å². The van der Waals surface area contributed by atoms with Crippen molar-refractivity contribution in [2.24, 2.45) is 0 Å². The minimum atomic E-state index is -4.52. The maximum atomic E-state index is 12.7. The van der Waals surface area contributed by atoms with Gasteiger partial charge in [0.25, 0.3) is 7.82 Å². The van der Waals surface area contributed by atoms with E-state index in [4.69, 9.17) is 18.5 Å². The molecule has 0 bridgehead atoms. The van der Waals surface area contributed by atoms with Crippen molar-refractivity contribution in [2.75, 3.05) is 54.1 Å². The third kappa shape index (κ3) is 50.2. The van der Waals surface area contributed by atoms with E-state index < -0.39 is 13.9 Å². The lowest BCUT2D eigenvalue weighted by molar-refractivity contribution is -0.870. The number of unbranched alkanes of at least 4 members (excludes halogenated alkanes) is 35. The van der Waals surface area contributed by atoms with Gasteiger partial charge in [0.15, 0.2) is 0 Å². The second-order valence-electron chi connectivity index (χ2n) is 19.6. The fourth-order valence-corrected chi connectivity index (χ4v) is 8.63. The van der Waals surface area contributed by atoms with Crippen molar-refractivity contribution in [3.8, 4) is 0 Å². The Balaban J connectivity index is 4.00. The highest BCUT2D eigenvalue weighted by atomic mass is 31.2. The SMILES string of the molecule is CCCCCCCCCC/C=C\CCCCCCCCCCCCCCCCOCC(COP(=O)([O-])OCC[N+](C)(C)C)OC(=O)CCCCCCCCCCCCCCCC. The number of esters is 1. The lowest BCUT2D eigenvalue weighted by Gasteiger charge is -2.28. The molecule has 0 saturated carbocycles. The number of hydrogen-bond acceptors (Lipinski definition) is 7. The van der Waals surface area contributed by atoms with Crippen molar-refractivity contribution in [1.29, 1.82) is 0 Å². The number of allylic oxidation sites excluding steroid dienone is 2. The molecular formula is C53H106NO7P. The van der Waals surface area contributed by atoms with Crippen LogP contribution in [0, 0.1) is 0 Å². The van der Waals surface area contributed by atoms with Crippen LogP contribution in [-0.2, 0) is 27.9 Å². The van der Waals surface area contributed by atoms with Crippen LogP contribution in [0.5, 0.6) is 0 Å². The first-order valence-corrected chi connectivity index (χ1v) is 28.4. The third-order valence-corrected chi connectivity index (χ3v) is 13.0. The first-order valence-electron chi connectivity index (χ1n) is 26.9. The van der Waals surface area contributed by atoms with E-state index in [0.717, 1.165) is 32.1 Å². The Bertz CT molecular complexity index is 1000. The molecule has 0 aliphatic rings. The van der Waals surface area contributed by atoms with Crippen LogP contribution in [0.4, 0.5) is 0 Å². The summed E-state index contributed by atoms with van der Waals surface area (Å²) in [7, 11) is 1.37. The number of likely N-dealkylation sites (N-methyl/N-ethyl adjacent to an activating group) is 1. The van der Waals surface area contributed by atoms with Crippen molar-refractivity contribution in [2.45, 2.75) is 270 Å². The minimum absolute atomic E-state index is 0.0302. The van der Waals surface area contributed by atoms with Gasteiger partial charge in [0, 0.05) is 13.0 Å². The first kappa shape index (κ1) is 61.2. The number of quaternary nitrogens is 1. The van der Waals surface area contributed by atoms with Crippen LogP contribution in [0.1, 0.15) is 264 Å². The molecule has 0 aromatic rings. The summed E-state index contributed by atoms with van der Waals surface area (Å²) in [5.41, 5.74) is 0. The summed E-state index contributed by atoms with van der Waals surface area (Å²) in [4.78, 5) is 25.1. The summed E-state index contributed by atoms with van der Waals surface area (Å²) in [6.07, 6.45) is 53.9. The van der Waals surface area contributed by atoms with Gasteiger partial charge in [0.2, 0.25) is 0 Å². The molecule has 0 rings (SSSR count). The number of carbonyl (C=O) groups excluding carboxylic acids is 1. The Kier molecular flexibility index (Phi) is 46.2. The fraction of sp³-hybridized carbons (Fsp3) is 0.943. The normalized spacial score (nSPS) is 13.6. The van der Waals surface area contributed by atoms with Gasteiger partial charge in [0.05, 0.1) is 34.4 Å². The van der Waals surface area contributed by atoms with Gasteiger partial charge in [-0.3, -0.25) is 9.36 Å². The zero-order chi connectivity index (χ0) is 45.5. The standard InChI is InChI=1S/C53H106NO7P/c1-6-8-10-12-14-16-18-20-22-23-24-25-26-27-28-29-30-31-32-33-35-37-39-41-43-45-48-58-50-52(51-60-62(56,57)59-49-47-54(3,4)5)61-53(55)46-44-42-40-38-36-34-21-19-17-15-13-11-9-7-2/h23-24,52H,6-22,25-51H2,1-5H3/b24-23-. The molecule has 0 aromatic heterocycles. The fourth-order valence-electron chi connectivity index (χ4n) is 7.90. The maximum Gasteiger partial charge on any atom is 0.306 e. The summed E-state index contributed by atoms with van der Waals surface area (Å²) in [5.74, 6) is -0.328. The number of hydrogen-bond donors (Lipinski definition) is 0. The van der Waals surface area contributed by atoms with Crippen LogP contribution in [0.3, 0.4) is 0 Å². The molecule has 0 saturated heterocycles. The summed E-state index contributed by atoms with van der Waals surface area (Å²) in [6, 6.07) is 0. The van der Waals surface area contributed by atoms with Crippen LogP contribution in [-0.4, -0.2) is 70.7 Å². The van der Waals surface area contributed by atoms with Crippen LogP contribution in [0.15, 0.2) is 12.2 Å². The molecule has 9 heteroatoms. The van der Waals surface area contributed by atoms with Gasteiger partial charge in [-0.15, -0.1) is 0 Å². The van der Waals surface area contributed by atoms with Crippen LogP contribution < -0.4 is 4.89 Å². The molecule has 0 aliphatic carbocycles. The zero-order valence-electron chi connectivity index (χ0n) is 42.1. The second kappa shape index (κ2) is 46.8. The van der Waals surface area contributed by atoms with Crippen molar-refractivity contribution in [3.05, 3.63) is 12.2 Å². The molecule has 0 N–H and O–H groups in total. The molecule has 370 valence electrons. The average Bonchev–Trinajstić information content (AvgIpc) is 3.23. The zero-order valence-corrected chi connectivity index (χ0v) is 43.0. The quantitative estimate of drug-likeness (QED) is 0.0197. The molecule has 8 nitrogen and oxygen atoms in total. The van der Waals surface area contributed by atoms with Crippen molar-refractivity contribution in [1.82, 2.24) is 0 Å². The molecule has 62 heavy (non-hydrogen) atoms. The van der Waals surface area contributed by atoms with E-state index in [1.54, 1.807) is 0 Å². The third-order valence-electron chi connectivity index (χ3n) is 12.1. The summed E-state index contributed by atoms with van der Waals surface area (Å²) < 4.78 is 34.8. The number of rotatable bonds is 51. The highest BCUT2D eigenvalue weighted by Gasteiger charge is 2.20. The predicted molar refractivity (Wildman–Crippen MR) is 264 cm³/mol. The smallest absolute Gasteiger partial charge is 0.306 e. The Hall–Kier alpha value is -0.760. The Morgan fingerprint density at radius 1 is 0.484 bits per heavy atom. The molecule has 0 spiro atoms. The van der Waals surface area contributed by atoms with E-state index >= 15 is 0 Å². The molecule has 0 fully saturated rings. The number of ether oxygens (including phenoxy) is 2. The maximum absolute atomic E-state index is 12.7. The van der Waals surface area contributed by atoms with Crippen LogP contribution in [0.2, 0.25) is 0 Å². The lowest BCUT2D eigenvalue weighted by atomic mass is 10.0. The monoisotopic (exact) mass is 900 g/mol. The van der Waals surface area contributed by atoms with Gasteiger partial charge in [-0.2, -0.15) is 0 Å². The van der Waals surface area contributed by atoms with Crippen molar-refractivity contribution in [3.63, 3.8) is 0 Å². The predicted octanol–water partition coefficient (Wildman–Crippen LogP) is 15.9. The summed E-state index contributed by atoms with van der Waals surface area (Å²) in [6.45, 7) is 5.47. The number of nitrogens with zero attached hydrogens (tertiary/aromatic N) is 1. The summed E-state index contributed by atoms with van der Waals surface area (Å²) in [5, 5.41) is 0. The van der Waals surface area contributed by atoms with E-state index in [2.05, 4.69) is 26.0 Å². The van der Waals surface area contributed by atoms with Crippen molar-refractivity contribution >= 4 is 13.8 Å². The topological polar surface area (TPSA) is 94.1 Å². The molecule has 0 amide bonds. The van der Waals surface area contributed by atoms with E-state index in [9.17, 15) is 14.3 Å². The van der Waals surface area contributed by atoms with Crippen LogP contribution >= 0.6 is 7.82 Å². The number of phosphoric ester groups is 1. The molecule has 0 aliphatic heterocycles. The van der Waals surface area contributed by atoms with Gasteiger partial charge >= 0.3 is 5.97 Å². The Labute approximate surface area is 386 Å². The first-order chi connectivity index (χ1) is 30.1. The van der Waals surface area contributed by atoms with E-state index in [0.29, 0.717) is 24.1 Å². The molecule has 0 heterocycles. The Morgan fingerprint density at radius 2 is 0.839 bits per heavy atom. The highest BCUT2D eigenvalue weighted by Crippen LogP contribution is 2.38. The van der Waals surface area contributed by atoms with Crippen molar-refractivity contribution < 1.29 is 37.3 Å². The number of carbonyl (C=O) groups is 1. The molecule has 0 radical (unpaired) electrons. The Morgan fingerprint density at radius 3 is 1.23 bits per heavy atom. The molecular weight excluding hydrogens is 794 g/mol. The molecule has 2 unspecified atom stereocenters. The highest BCUT2D eigenvalue weighted by molar-refractivity contribution is 7.45. The van der Waals surface area contributed by atoms with Gasteiger partial charge in [-0.25, -0.2) is 0 Å². The molecule has 2 atom stereocenters. The molecule has 0 aromatic carbocycles. The van der Waals surface area contributed by atoms with Gasteiger partial charge < -0.3 is 27.9 Å². The largest absolute Gasteiger partial charge is 0.756 e. The lowest BCUT2D eigenvalue weighted by Crippen LogP contribution is -2.37. The van der Waals surface area contributed by atoms with E-state index in [1.165, 1.54) is 212 Å². The summed E-state index contributed by atoms with van der Waals surface area (Å²) >= 11 is 0. The van der Waals surface area contributed by atoms with Crippen LogP contribution in [0.25, 0.3) is 0 Å². The van der Waals surface area contributed by atoms with Gasteiger partial charge in [-0.05, 0) is 38.5 Å². The number of phosphoric acid groups is 1. The van der Waals surface area contributed by atoms with Gasteiger partial charge in [0.1, 0.15) is 19.3 Å². The second-order valence-corrected chi connectivity index (χ2v) is 21.0. The minimum Gasteiger partial charge on any atom is -0.756 e. The van der Waals surface area contributed by atoms with E-state index in [1.807, 2.05) is 21.1 Å².